The number of rotatable bonds is 8. The Bertz CT molecular complexity index is 1540. The minimum atomic E-state index is -0.730. The third kappa shape index (κ3) is 6.67. The van der Waals surface area contributed by atoms with E-state index in [1.807, 2.05) is 0 Å². The minimum absolute atomic E-state index is 0.0432. The van der Waals surface area contributed by atoms with Crippen molar-refractivity contribution in [2.45, 2.75) is 89.2 Å². The smallest absolute Gasteiger partial charge is 0.415 e. The van der Waals surface area contributed by atoms with Gasteiger partial charge in [-0.25, -0.2) is 9.78 Å². The van der Waals surface area contributed by atoms with Gasteiger partial charge >= 0.3 is 6.09 Å². The molecule has 0 aliphatic heterocycles. The summed E-state index contributed by atoms with van der Waals surface area (Å²) >= 11 is 0. The van der Waals surface area contributed by atoms with Crippen LogP contribution in [0.15, 0.2) is 35.4 Å². The number of nitrogens with one attached hydrogen (secondary N) is 2. The van der Waals surface area contributed by atoms with Crippen LogP contribution in [0.3, 0.4) is 0 Å². The molecule has 13 heteroatoms. The van der Waals surface area contributed by atoms with E-state index < -0.39 is 11.7 Å². The van der Waals surface area contributed by atoms with Gasteiger partial charge in [0.2, 0.25) is 0 Å². The molecule has 2 aliphatic rings. The Kier molecular flexibility index (Phi) is 8.74. The quantitative estimate of drug-likeness (QED) is 0.395. The van der Waals surface area contributed by atoms with Crippen LogP contribution < -0.4 is 21.1 Å². The van der Waals surface area contributed by atoms with Crippen LogP contribution in [0.1, 0.15) is 75.7 Å². The van der Waals surface area contributed by atoms with E-state index in [-0.39, 0.29) is 52.8 Å². The van der Waals surface area contributed by atoms with E-state index in [0.29, 0.717) is 11.5 Å². The third-order valence-corrected chi connectivity index (χ3v) is 8.04. The molecule has 2 atom stereocenters. The minimum Gasteiger partial charge on any atom is -0.443 e. The van der Waals surface area contributed by atoms with E-state index in [0.717, 1.165) is 38.5 Å². The molecule has 0 radical (unpaired) electrons. The maximum absolute atomic E-state index is 13.5. The van der Waals surface area contributed by atoms with Crippen molar-refractivity contribution < 1.29 is 23.8 Å². The summed E-state index contributed by atoms with van der Waals surface area (Å²) in [7, 11) is 4.91. The van der Waals surface area contributed by atoms with Crippen LogP contribution in [0.2, 0.25) is 0 Å². The molecule has 2 N–H and O–H groups in total. The molecule has 2 saturated carbocycles. The number of fused-ring (bicyclic) bond motifs is 1. The Hall–Kier alpha value is -3.97. The highest BCUT2D eigenvalue weighted by Crippen LogP contribution is 2.33. The van der Waals surface area contributed by atoms with Crippen LogP contribution in [0.5, 0.6) is 0 Å². The van der Waals surface area contributed by atoms with Crippen molar-refractivity contribution in [3.63, 3.8) is 0 Å². The second-order valence-corrected chi connectivity index (χ2v) is 12.3. The van der Waals surface area contributed by atoms with Crippen molar-refractivity contribution in [3.8, 4) is 0 Å². The number of nitrogens with zero attached hydrogens (tertiary/aromatic N) is 5. The van der Waals surface area contributed by atoms with Gasteiger partial charge in [0.15, 0.2) is 5.65 Å². The number of hydrogen-bond acceptors (Lipinski definition) is 9. The Labute approximate surface area is 250 Å². The van der Waals surface area contributed by atoms with Gasteiger partial charge in [0.1, 0.15) is 28.5 Å². The van der Waals surface area contributed by atoms with Gasteiger partial charge in [-0.2, -0.15) is 9.61 Å². The topological polar surface area (TPSA) is 141 Å². The van der Waals surface area contributed by atoms with Crippen LogP contribution in [0.25, 0.3) is 5.65 Å². The van der Waals surface area contributed by atoms with E-state index in [4.69, 9.17) is 14.2 Å². The SMILES string of the molecule is COC1CC(n2cccc(Nc3cc(N(C)C(=O)OC(C)(C)C)n4ncc(C(=O)NC5CCC[C@@H](OC)C5)c4n3)c2=O)C1. The van der Waals surface area contributed by atoms with E-state index in [2.05, 4.69) is 20.7 Å². The Morgan fingerprint density at radius 2 is 1.84 bits per heavy atom. The lowest BCUT2D eigenvalue weighted by Crippen LogP contribution is -2.40. The standard InChI is InChI=1S/C30H41N7O6/c1-30(2,3)43-29(40)35(4)25-16-24(33-23-11-8-12-36(28(23)39)19-14-21(15-19)42-6)34-26-22(17-31-37(25)26)27(38)32-18-9-7-10-20(13-18)41-5/h8,11-12,16-21H,7,9-10,13-15H2,1-6H3,(H,32,38)(H,33,34)/t18?,19?,20-,21?/m1/s1. The van der Waals surface area contributed by atoms with Gasteiger partial charge in [0.05, 0.1) is 18.4 Å². The van der Waals surface area contributed by atoms with Crippen LogP contribution in [-0.4, -0.2) is 76.3 Å². The summed E-state index contributed by atoms with van der Waals surface area (Å²) in [4.78, 5) is 45.9. The molecular formula is C30H41N7O6. The van der Waals surface area contributed by atoms with E-state index in [9.17, 15) is 14.4 Å². The lowest BCUT2D eigenvalue weighted by Gasteiger charge is -2.35. The van der Waals surface area contributed by atoms with Gasteiger partial charge in [-0.05, 0) is 71.4 Å². The highest BCUT2D eigenvalue weighted by atomic mass is 16.6. The molecular weight excluding hydrogens is 554 g/mol. The molecule has 1 unspecified atom stereocenters. The molecule has 232 valence electrons. The zero-order valence-corrected chi connectivity index (χ0v) is 25.6. The Morgan fingerprint density at radius 1 is 1.09 bits per heavy atom. The monoisotopic (exact) mass is 595 g/mol. The van der Waals surface area contributed by atoms with E-state index >= 15 is 0 Å². The zero-order valence-electron chi connectivity index (χ0n) is 25.6. The fourth-order valence-corrected chi connectivity index (χ4v) is 5.58. The number of aromatic nitrogens is 4. The first-order valence-electron chi connectivity index (χ1n) is 14.7. The molecule has 0 saturated heterocycles. The maximum Gasteiger partial charge on any atom is 0.415 e. The van der Waals surface area contributed by atoms with Gasteiger partial charge in [-0.3, -0.25) is 14.5 Å². The van der Waals surface area contributed by atoms with Crippen LogP contribution >= 0.6 is 0 Å². The van der Waals surface area contributed by atoms with Gasteiger partial charge in [-0.15, -0.1) is 0 Å². The van der Waals surface area contributed by atoms with Crippen molar-refractivity contribution in [2.24, 2.45) is 0 Å². The maximum atomic E-state index is 13.5. The predicted octanol–water partition coefficient (Wildman–Crippen LogP) is 4.04. The van der Waals surface area contributed by atoms with Crippen molar-refractivity contribution >= 4 is 35.0 Å². The summed E-state index contributed by atoms with van der Waals surface area (Å²) in [6, 6.07) is 5.07. The summed E-state index contributed by atoms with van der Waals surface area (Å²) in [6.45, 7) is 5.34. The fourth-order valence-electron chi connectivity index (χ4n) is 5.58. The molecule has 43 heavy (non-hydrogen) atoms. The lowest BCUT2D eigenvalue weighted by molar-refractivity contribution is 0.00522. The highest BCUT2D eigenvalue weighted by molar-refractivity contribution is 6.00. The number of anilines is 3. The van der Waals surface area contributed by atoms with Crippen molar-refractivity contribution in [3.05, 3.63) is 46.5 Å². The number of carbonyl (C=O) groups is 2. The molecule has 2 aliphatic carbocycles. The van der Waals surface area contributed by atoms with Gasteiger partial charge in [0, 0.05) is 45.6 Å². The molecule has 13 nitrogen and oxygen atoms in total. The molecule has 3 heterocycles. The van der Waals surface area contributed by atoms with Crippen LogP contribution in [-0.2, 0) is 14.2 Å². The number of hydrogen-bond donors (Lipinski definition) is 2. The highest BCUT2D eigenvalue weighted by Gasteiger charge is 2.32. The van der Waals surface area contributed by atoms with Gasteiger partial charge < -0.3 is 29.4 Å². The number of amides is 2. The lowest BCUT2D eigenvalue weighted by atomic mass is 9.89. The number of ether oxygens (including phenoxy) is 3. The normalized spacial score (nSPS) is 22.1. The van der Waals surface area contributed by atoms with Gasteiger partial charge in [-0.1, -0.05) is 0 Å². The van der Waals surface area contributed by atoms with Crippen molar-refractivity contribution in [1.82, 2.24) is 24.5 Å². The van der Waals surface area contributed by atoms with E-state index in [1.165, 1.54) is 15.6 Å². The Morgan fingerprint density at radius 3 is 2.53 bits per heavy atom. The average Bonchev–Trinajstić information content (AvgIpc) is 3.37. The zero-order chi connectivity index (χ0) is 30.9. The molecule has 0 aromatic carbocycles. The molecule has 5 rings (SSSR count). The molecule has 3 aromatic rings. The van der Waals surface area contributed by atoms with E-state index in [1.54, 1.807) is 71.0 Å². The van der Waals surface area contributed by atoms with Crippen molar-refractivity contribution in [1.29, 1.82) is 0 Å². The second kappa shape index (κ2) is 12.3. The summed E-state index contributed by atoms with van der Waals surface area (Å²) in [6.07, 6.45) is 7.84. The largest absolute Gasteiger partial charge is 0.443 e. The summed E-state index contributed by atoms with van der Waals surface area (Å²) < 4.78 is 19.6. The first kappa shape index (κ1) is 30.5. The first-order valence-corrected chi connectivity index (χ1v) is 14.7. The number of pyridine rings is 1. The first-order chi connectivity index (χ1) is 20.5. The van der Waals surface area contributed by atoms with Crippen LogP contribution in [0, 0.1) is 0 Å². The average molecular weight is 596 g/mol. The fraction of sp³-hybridized carbons (Fsp3) is 0.567. The number of methoxy groups -OCH3 is 2. The summed E-state index contributed by atoms with van der Waals surface area (Å²) in [5.74, 6) is 0.242. The molecule has 2 amide bonds. The molecule has 2 fully saturated rings. The molecule has 3 aromatic heterocycles. The summed E-state index contributed by atoms with van der Waals surface area (Å²) in [5.41, 5.74) is -0.156. The molecule has 0 bridgehead atoms. The predicted molar refractivity (Wildman–Crippen MR) is 161 cm³/mol. The number of carbonyl (C=O) groups excluding carboxylic acids is 2. The second-order valence-electron chi connectivity index (χ2n) is 12.3. The van der Waals surface area contributed by atoms with Crippen LogP contribution in [0.4, 0.5) is 22.1 Å². The van der Waals surface area contributed by atoms with Crippen molar-refractivity contribution in [2.75, 3.05) is 31.5 Å². The molecule has 0 spiro atoms. The summed E-state index contributed by atoms with van der Waals surface area (Å²) in [5, 5.41) is 10.6. The Balaban J connectivity index is 1.50. The van der Waals surface area contributed by atoms with Gasteiger partial charge in [0.25, 0.3) is 11.5 Å². The third-order valence-electron chi connectivity index (χ3n) is 8.04.